The van der Waals surface area contributed by atoms with E-state index in [4.69, 9.17) is 9.47 Å². The topological polar surface area (TPSA) is 21.7 Å². The number of hydrogen-bond donors (Lipinski definition) is 0. The summed E-state index contributed by atoms with van der Waals surface area (Å²) < 4.78 is 25.1. The monoisotopic (exact) mass is 487 g/mol. The molecule has 1 fully saturated rings. The summed E-state index contributed by atoms with van der Waals surface area (Å²) in [5.74, 6) is 2.56. The van der Waals surface area contributed by atoms with Crippen LogP contribution in [-0.4, -0.2) is 13.7 Å². The summed E-state index contributed by atoms with van der Waals surface area (Å²) in [6.07, 6.45) is 11.8. The molecular weight excluding hydrogens is 449 g/mol. The summed E-state index contributed by atoms with van der Waals surface area (Å²) >= 11 is 0. The normalized spacial score (nSPS) is 17.7. The van der Waals surface area contributed by atoms with E-state index in [2.05, 4.69) is 41.3 Å². The van der Waals surface area contributed by atoms with Crippen molar-refractivity contribution in [1.29, 1.82) is 0 Å². The molecule has 3 aromatic rings. The highest BCUT2D eigenvalue weighted by Gasteiger charge is 2.31. The molecule has 3 nitrogen and oxygen atoms in total. The molecule has 0 aromatic heterocycles. The highest BCUT2D eigenvalue weighted by molar-refractivity contribution is 5.56. The molecule has 1 unspecified atom stereocenters. The number of anilines is 1. The Morgan fingerprint density at radius 3 is 2.36 bits per heavy atom. The van der Waals surface area contributed by atoms with Crippen molar-refractivity contribution >= 4 is 5.69 Å². The van der Waals surface area contributed by atoms with Gasteiger partial charge in [0.25, 0.3) is 0 Å². The van der Waals surface area contributed by atoms with E-state index in [9.17, 15) is 4.39 Å². The second kappa shape index (κ2) is 11.8. The summed E-state index contributed by atoms with van der Waals surface area (Å²) in [4.78, 5) is 2.36. The minimum absolute atomic E-state index is 0.183. The first-order chi connectivity index (χ1) is 17.7. The lowest BCUT2D eigenvalue weighted by molar-refractivity contribution is 0.283. The Morgan fingerprint density at radius 2 is 1.61 bits per heavy atom. The molecule has 36 heavy (non-hydrogen) atoms. The van der Waals surface area contributed by atoms with E-state index in [0.29, 0.717) is 0 Å². The summed E-state index contributed by atoms with van der Waals surface area (Å²) in [6, 6.07) is 21.9. The first kappa shape index (κ1) is 24.7. The number of benzene rings is 3. The van der Waals surface area contributed by atoms with Crippen molar-refractivity contribution in [1.82, 2.24) is 0 Å². The van der Waals surface area contributed by atoms with Gasteiger partial charge in [-0.3, -0.25) is 0 Å². The van der Waals surface area contributed by atoms with Crippen molar-refractivity contribution in [2.45, 2.75) is 70.4 Å². The fourth-order valence-corrected chi connectivity index (χ4v) is 5.90. The van der Waals surface area contributed by atoms with Gasteiger partial charge >= 0.3 is 0 Å². The molecular formula is C32H38FNO2. The molecule has 0 spiro atoms. The van der Waals surface area contributed by atoms with Crippen LogP contribution in [0, 0.1) is 11.7 Å². The summed E-state index contributed by atoms with van der Waals surface area (Å²) in [5.41, 5.74) is 4.86. The standard InChI is InChI=1S/C32H38FNO2/c1-35-30-18-19-31-26(22-30)23-34(28-14-12-27(33)13-15-28)32(31)21-25-10-16-29(17-11-25)36-20-6-5-9-24-7-3-2-4-8-24/h10-19,22,24,32H,2-9,20-21,23H2,1H3. The molecule has 1 saturated carbocycles. The highest BCUT2D eigenvalue weighted by atomic mass is 19.1. The number of ether oxygens (including phenoxy) is 2. The maximum Gasteiger partial charge on any atom is 0.123 e. The Balaban J connectivity index is 1.20. The Kier molecular flexibility index (Phi) is 8.10. The van der Waals surface area contributed by atoms with Crippen molar-refractivity contribution in [2.24, 2.45) is 5.92 Å². The minimum Gasteiger partial charge on any atom is -0.497 e. The number of hydrogen-bond acceptors (Lipinski definition) is 3. The van der Waals surface area contributed by atoms with E-state index in [0.717, 1.165) is 49.1 Å². The molecule has 0 saturated heterocycles. The molecule has 0 amide bonds. The third-order valence-electron chi connectivity index (χ3n) is 7.94. The summed E-state index contributed by atoms with van der Waals surface area (Å²) in [7, 11) is 1.70. The fourth-order valence-electron chi connectivity index (χ4n) is 5.90. The van der Waals surface area contributed by atoms with Gasteiger partial charge in [-0.1, -0.05) is 56.7 Å². The van der Waals surface area contributed by atoms with Crippen LogP contribution < -0.4 is 14.4 Å². The number of methoxy groups -OCH3 is 1. The first-order valence-electron chi connectivity index (χ1n) is 13.6. The van der Waals surface area contributed by atoms with E-state index in [1.165, 1.54) is 73.8 Å². The average molecular weight is 488 g/mol. The van der Waals surface area contributed by atoms with Gasteiger partial charge in [0.2, 0.25) is 0 Å². The van der Waals surface area contributed by atoms with Gasteiger partial charge in [-0.25, -0.2) is 4.39 Å². The Bertz CT molecular complexity index is 1110. The van der Waals surface area contributed by atoms with Gasteiger partial charge in [0.15, 0.2) is 0 Å². The number of halogens is 1. The van der Waals surface area contributed by atoms with Crippen molar-refractivity contribution in [3.8, 4) is 11.5 Å². The largest absolute Gasteiger partial charge is 0.497 e. The molecule has 2 aliphatic rings. The number of fused-ring (bicyclic) bond motifs is 1. The van der Waals surface area contributed by atoms with E-state index < -0.39 is 0 Å². The second-order valence-electron chi connectivity index (χ2n) is 10.4. The van der Waals surface area contributed by atoms with Crippen LogP contribution in [0.3, 0.4) is 0 Å². The highest BCUT2D eigenvalue weighted by Crippen LogP contribution is 2.41. The zero-order valence-corrected chi connectivity index (χ0v) is 21.4. The molecule has 3 aromatic carbocycles. The van der Waals surface area contributed by atoms with Crippen molar-refractivity contribution in [3.05, 3.63) is 89.2 Å². The maximum absolute atomic E-state index is 13.6. The molecule has 4 heteroatoms. The van der Waals surface area contributed by atoms with Crippen LogP contribution in [0.2, 0.25) is 0 Å². The number of unbranched alkanes of at least 4 members (excludes halogenated alkanes) is 1. The molecule has 1 aliphatic carbocycles. The van der Waals surface area contributed by atoms with Gasteiger partial charge in [-0.2, -0.15) is 0 Å². The summed E-state index contributed by atoms with van der Waals surface area (Å²) in [6.45, 7) is 1.58. The SMILES string of the molecule is COc1ccc2c(c1)CN(c1ccc(F)cc1)C2Cc1ccc(OCCCCC2CCCCC2)cc1. The lowest BCUT2D eigenvalue weighted by Crippen LogP contribution is -2.23. The smallest absolute Gasteiger partial charge is 0.123 e. The summed E-state index contributed by atoms with van der Waals surface area (Å²) in [5, 5.41) is 0. The second-order valence-corrected chi connectivity index (χ2v) is 10.4. The van der Waals surface area contributed by atoms with Crippen LogP contribution in [0.5, 0.6) is 11.5 Å². The third kappa shape index (κ3) is 6.03. The zero-order chi connectivity index (χ0) is 24.7. The molecule has 0 radical (unpaired) electrons. The van der Waals surface area contributed by atoms with Crippen LogP contribution in [0.1, 0.15) is 74.1 Å². The lowest BCUT2D eigenvalue weighted by Gasteiger charge is -2.27. The Morgan fingerprint density at radius 1 is 0.861 bits per heavy atom. The van der Waals surface area contributed by atoms with Crippen molar-refractivity contribution in [3.63, 3.8) is 0 Å². The van der Waals surface area contributed by atoms with E-state index in [1.54, 1.807) is 7.11 Å². The van der Waals surface area contributed by atoms with Crippen molar-refractivity contribution in [2.75, 3.05) is 18.6 Å². The predicted octanol–water partition coefficient (Wildman–Crippen LogP) is 8.27. The van der Waals surface area contributed by atoms with Gasteiger partial charge in [-0.05, 0) is 90.4 Å². The first-order valence-corrected chi connectivity index (χ1v) is 13.6. The quantitative estimate of drug-likeness (QED) is 0.269. The molecule has 0 bridgehead atoms. The van der Waals surface area contributed by atoms with Gasteiger partial charge in [0.05, 0.1) is 19.8 Å². The van der Waals surface area contributed by atoms with Crippen LogP contribution in [-0.2, 0) is 13.0 Å². The van der Waals surface area contributed by atoms with Gasteiger partial charge in [0.1, 0.15) is 17.3 Å². The molecule has 1 aliphatic heterocycles. The van der Waals surface area contributed by atoms with E-state index in [-0.39, 0.29) is 11.9 Å². The average Bonchev–Trinajstić information content (AvgIpc) is 3.27. The van der Waals surface area contributed by atoms with E-state index >= 15 is 0 Å². The van der Waals surface area contributed by atoms with Crippen LogP contribution in [0.15, 0.2) is 66.7 Å². The Labute approximate surface area is 215 Å². The number of rotatable bonds is 10. The van der Waals surface area contributed by atoms with E-state index in [1.807, 2.05) is 18.2 Å². The molecule has 0 N–H and O–H groups in total. The molecule has 5 rings (SSSR count). The zero-order valence-electron chi connectivity index (χ0n) is 21.4. The Hall–Kier alpha value is -3.01. The van der Waals surface area contributed by atoms with Gasteiger partial charge in [-0.15, -0.1) is 0 Å². The molecule has 1 heterocycles. The van der Waals surface area contributed by atoms with Gasteiger partial charge < -0.3 is 14.4 Å². The molecule has 190 valence electrons. The van der Waals surface area contributed by atoms with Crippen LogP contribution >= 0.6 is 0 Å². The minimum atomic E-state index is -0.210. The van der Waals surface area contributed by atoms with Crippen molar-refractivity contribution < 1.29 is 13.9 Å². The maximum atomic E-state index is 13.6. The molecule has 1 atom stereocenters. The third-order valence-corrected chi connectivity index (χ3v) is 7.94. The lowest BCUT2D eigenvalue weighted by atomic mass is 9.86. The predicted molar refractivity (Wildman–Crippen MR) is 144 cm³/mol. The van der Waals surface area contributed by atoms with Crippen LogP contribution in [0.4, 0.5) is 10.1 Å². The van der Waals surface area contributed by atoms with Gasteiger partial charge in [0, 0.05) is 12.2 Å². The number of nitrogens with zero attached hydrogens (tertiary/aromatic N) is 1. The van der Waals surface area contributed by atoms with Crippen LogP contribution in [0.25, 0.3) is 0 Å². The fraction of sp³-hybridized carbons (Fsp3) is 0.438.